The summed E-state index contributed by atoms with van der Waals surface area (Å²) in [4.78, 5) is 16.5. The SMILES string of the molecule is NC(=O)C1[CH]Cc2cc(CCN3CCN(c4nsc5ccccc45)CC3)ccc21. The van der Waals surface area contributed by atoms with Crippen LogP contribution in [0.1, 0.15) is 22.6 Å². The molecule has 1 atom stereocenters. The molecule has 1 aromatic heterocycles. The highest BCUT2D eigenvalue weighted by Gasteiger charge is 2.27. The quantitative estimate of drug-likeness (QED) is 0.709. The van der Waals surface area contributed by atoms with Crippen LogP contribution in [0.2, 0.25) is 0 Å². The Labute approximate surface area is 175 Å². The van der Waals surface area contributed by atoms with Gasteiger partial charge in [-0.2, -0.15) is 4.37 Å². The molecule has 29 heavy (non-hydrogen) atoms. The van der Waals surface area contributed by atoms with Gasteiger partial charge in [-0.15, -0.1) is 0 Å². The van der Waals surface area contributed by atoms with Crippen molar-refractivity contribution in [2.45, 2.75) is 18.8 Å². The summed E-state index contributed by atoms with van der Waals surface area (Å²) >= 11 is 1.59. The van der Waals surface area contributed by atoms with Gasteiger partial charge in [0.1, 0.15) is 5.82 Å². The highest BCUT2D eigenvalue weighted by Crippen LogP contribution is 2.33. The average molecular weight is 406 g/mol. The maximum absolute atomic E-state index is 11.5. The van der Waals surface area contributed by atoms with Crippen molar-refractivity contribution in [1.29, 1.82) is 0 Å². The third kappa shape index (κ3) is 3.63. The van der Waals surface area contributed by atoms with Gasteiger partial charge in [0, 0.05) is 38.1 Å². The zero-order valence-corrected chi connectivity index (χ0v) is 17.2. The summed E-state index contributed by atoms with van der Waals surface area (Å²) in [5, 5.41) is 1.27. The normalized spacial score (nSPS) is 19.6. The van der Waals surface area contributed by atoms with Gasteiger partial charge in [-0.25, -0.2) is 0 Å². The lowest BCUT2D eigenvalue weighted by Gasteiger charge is -2.35. The van der Waals surface area contributed by atoms with E-state index in [1.807, 2.05) is 6.42 Å². The number of fused-ring (bicyclic) bond motifs is 2. The van der Waals surface area contributed by atoms with Gasteiger partial charge in [0.2, 0.25) is 5.91 Å². The molecule has 0 saturated carbocycles. The van der Waals surface area contributed by atoms with Crippen LogP contribution in [-0.4, -0.2) is 47.9 Å². The highest BCUT2D eigenvalue weighted by molar-refractivity contribution is 7.13. The lowest BCUT2D eigenvalue weighted by atomic mass is 9.98. The molecular formula is C23H25N4OS. The fourth-order valence-electron chi connectivity index (χ4n) is 4.51. The Hall–Kier alpha value is -2.44. The molecule has 5 nitrogen and oxygen atoms in total. The molecule has 1 aliphatic carbocycles. The van der Waals surface area contributed by atoms with Gasteiger partial charge in [-0.3, -0.25) is 9.69 Å². The second-order valence-corrected chi connectivity index (χ2v) is 8.74. The number of piperazine rings is 1. The Kier molecular flexibility index (Phi) is 4.97. The van der Waals surface area contributed by atoms with Crippen molar-refractivity contribution in [3.63, 3.8) is 0 Å². The van der Waals surface area contributed by atoms with Crippen molar-refractivity contribution >= 4 is 33.3 Å². The molecule has 149 valence electrons. The number of hydrogen-bond acceptors (Lipinski definition) is 5. The molecule has 1 amide bonds. The third-order valence-corrected chi connectivity index (χ3v) is 6.99. The van der Waals surface area contributed by atoms with Crippen LogP contribution >= 0.6 is 11.5 Å². The number of carbonyl (C=O) groups excluding carboxylic acids is 1. The van der Waals surface area contributed by atoms with Crippen molar-refractivity contribution < 1.29 is 4.79 Å². The molecular weight excluding hydrogens is 380 g/mol. The summed E-state index contributed by atoms with van der Waals surface area (Å²) in [6.45, 7) is 5.23. The van der Waals surface area contributed by atoms with Gasteiger partial charge in [0.25, 0.3) is 0 Å². The molecule has 1 aliphatic heterocycles. The van der Waals surface area contributed by atoms with Crippen LogP contribution < -0.4 is 10.6 Å². The summed E-state index contributed by atoms with van der Waals surface area (Å²) < 4.78 is 5.96. The molecule has 1 unspecified atom stereocenters. The average Bonchev–Trinajstić information content (AvgIpc) is 3.37. The molecule has 0 bridgehead atoms. The van der Waals surface area contributed by atoms with E-state index in [1.165, 1.54) is 21.2 Å². The predicted octanol–water partition coefficient (Wildman–Crippen LogP) is 2.99. The Morgan fingerprint density at radius 3 is 2.79 bits per heavy atom. The van der Waals surface area contributed by atoms with E-state index < -0.39 is 0 Å². The standard InChI is InChI=1S/C23H25N4OS/c24-22(28)19-8-6-17-15-16(5-7-18(17)19)9-10-26-11-13-27(14-12-26)23-20-3-1-2-4-21(20)29-25-23/h1-5,7-8,15,19H,6,9-14H2,(H2,24,28). The van der Waals surface area contributed by atoms with Crippen molar-refractivity contribution in [3.8, 4) is 0 Å². The smallest absolute Gasteiger partial charge is 0.225 e. The molecule has 2 aromatic carbocycles. The second-order valence-electron chi connectivity index (χ2n) is 7.93. The summed E-state index contributed by atoms with van der Waals surface area (Å²) in [5.41, 5.74) is 9.19. The molecule has 5 rings (SSSR count). The molecule has 6 heteroatoms. The summed E-state index contributed by atoms with van der Waals surface area (Å²) in [6, 6.07) is 15.0. The molecule has 0 spiro atoms. The maximum Gasteiger partial charge on any atom is 0.225 e. The number of primary amides is 1. The summed E-state index contributed by atoms with van der Waals surface area (Å²) in [7, 11) is 0. The first kappa shape index (κ1) is 18.6. The van der Waals surface area contributed by atoms with E-state index in [-0.39, 0.29) is 11.8 Å². The van der Waals surface area contributed by atoms with E-state index in [4.69, 9.17) is 10.1 Å². The molecule has 1 saturated heterocycles. The number of hydrogen-bond donors (Lipinski definition) is 1. The third-order valence-electron chi connectivity index (χ3n) is 6.17. The Bertz CT molecular complexity index is 1040. The first-order chi connectivity index (χ1) is 14.2. The van der Waals surface area contributed by atoms with Crippen LogP contribution in [0.3, 0.4) is 0 Å². The molecule has 2 aliphatic rings. The van der Waals surface area contributed by atoms with Gasteiger partial charge in [0.15, 0.2) is 0 Å². The van der Waals surface area contributed by atoms with Crippen molar-refractivity contribution in [1.82, 2.24) is 9.27 Å². The minimum atomic E-state index is -0.248. The second kappa shape index (κ2) is 7.76. The fraction of sp³-hybridized carbons (Fsp3) is 0.348. The van der Waals surface area contributed by atoms with Crippen LogP contribution in [-0.2, 0) is 17.6 Å². The number of carbonyl (C=O) groups is 1. The van der Waals surface area contributed by atoms with E-state index >= 15 is 0 Å². The Balaban J connectivity index is 1.17. The van der Waals surface area contributed by atoms with Crippen molar-refractivity contribution in [2.75, 3.05) is 37.6 Å². The number of nitrogens with two attached hydrogens (primary N) is 1. The molecule has 1 radical (unpaired) electrons. The highest BCUT2D eigenvalue weighted by atomic mass is 32.1. The number of benzene rings is 2. The maximum atomic E-state index is 11.5. The first-order valence-corrected chi connectivity index (χ1v) is 11.0. The van der Waals surface area contributed by atoms with E-state index in [1.54, 1.807) is 11.5 Å². The van der Waals surface area contributed by atoms with E-state index in [9.17, 15) is 4.79 Å². The zero-order valence-electron chi connectivity index (χ0n) is 16.4. The number of nitrogens with zero attached hydrogens (tertiary/aromatic N) is 3. The summed E-state index contributed by atoms with van der Waals surface area (Å²) in [6.07, 6.45) is 3.91. The minimum absolute atomic E-state index is 0.214. The van der Waals surface area contributed by atoms with Crippen LogP contribution in [0.4, 0.5) is 5.82 Å². The van der Waals surface area contributed by atoms with E-state index in [2.05, 4.69) is 52.3 Å². The molecule has 1 fully saturated rings. The molecule has 2 heterocycles. The largest absolute Gasteiger partial charge is 0.369 e. The number of aromatic nitrogens is 1. The van der Waals surface area contributed by atoms with Crippen LogP contribution in [0.5, 0.6) is 0 Å². The van der Waals surface area contributed by atoms with Gasteiger partial charge in [-0.1, -0.05) is 30.3 Å². The van der Waals surface area contributed by atoms with E-state index in [0.29, 0.717) is 0 Å². The zero-order chi connectivity index (χ0) is 19.8. The predicted molar refractivity (Wildman–Crippen MR) is 118 cm³/mol. The van der Waals surface area contributed by atoms with Crippen LogP contribution in [0, 0.1) is 6.42 Å². The lowest BCUT2D eigenvalue weighted by molar-refractivity contribution is -0.118. The lowest BCUT2D eigenvalue weighted by Crippen LogP contribution is -2.47. The van der Waals surface area contributed by atoms with Gasteiger partial charge in [0.05, 0.1) is 10.6 Å². The Morgan fingerprint density at radius 2 is 1.97 bits per heavy atom. The topological polar surface area (TPSA) is 62.5 Å². The van der Waals surface area contributed by atoms with Crippen LogP contribution in [0.15, 0.2) is 42.5 Å². The minimum Gasteiger partial charge on any atom is -0.369 e. The van der Waals surface area contributed by atoms with Gasteiger partial charge >= 0.3 is 0 Å². The van der Waals surface area contributed by atoms with Crippen molar-refractivity contribution in [2.24, 2.45) is 5.73 Å². The molecule has 3 aromatic rings. The van der Waals surface area contributed by atoms with Gasteiger partial charge < -0.3 is 10.6 Å². The Morgan fingerprint density at radius 1 is 1.14 bits per heavy atom. The monoisotopic (exact) mass is 405 g/mol. The van der Waals surface area contributed by atoms with Gasteiger partial charge in [-0.05, 0) is 59.6 Å². The number of amides is 1. The fourth-order valence-corrected chi connectivity index (χ4v) is 5.30. The number of anilines is 1. The van der Waals surface area contributed by atoms with E-state index in [0.717, 1.165) is 56.9 Å². The van der Waals surface area contributed by atoms with Crippen molar-refractivity contribution in [3.05, 3.63) is 65.6 Å². The molecule has 2 N–H and O–H groups in total. The summed E-state index contributed by atoms with van der Waals surface area (Å²) in [5.74, 6) is 0.681. The van der Waals surface area contributed by atoms with Crippen LogP contribution in [0.25, 0.3) is 10.1 Å². The first-order valence-electron chi connectivity index (χ1n) is 10.2. The number of rotatable bonds is 5.